The molecule has 0 atom stereocenters. The Bertz CT molecular complexity index is 699. The summed E-state index contributed by atoms with van der Waals surface area (Å²) in [7, 11) is 0. The van der Waals surface area contributed by atoms with Gasteiger partial charge in [0.15, 0.2) is 5.78 Å². The fourth-order valence-corrected chi connectivity index (χ4v) is 2.48. The Kier molecular flexibility index (Phi) is 6.82. The highest BCUT2D eigenvalue weighted by atomic mass is 35.5. The van der Waals surface area contributed by atoms with E-state index in [2.05, 4.69) is 10.6 Å². The molecular weight excluding hydrogens is 324 g/mol. The zero-order chi connectivity index (χ0) is 17.4. The van der Waals surface area contributed by atoms with Crippen molar-refractivity contribution in [3.63, 3.8) is 0 Å². The first-order valence-electron chi connectivity index (χ1n) is 7.91. The van der Waals surface area contributed by atoms with Crippen LogP contribution in [-0.4, -0.2) is 24.9 Å². The highest BCUT2D eigenvalue weighted by Gasteiger charge is 2.07. The molecule has 0 spiro atoms. The van der Waals surface area contributed by atoms with Gasteiger partial charge in [0.2, 0.25) is 0 Å². The van der Waals surface area contributed by atoms with Crippen LogP contribution < -0.4 is 10.6 Å². The van der Waals surface area contributed by atoms with E-state index < -0.39 is 0 Å². The van der Waals surface area contributed by atoms with E-state index in [0.717, 1.165) is 11.1 Å². The minimum Gasteiger partial charge on any atom is -0.338 e. The van der Waals surface area contributed by atoms with Gasteiger partial charge in [-0.15, -0.1) is 0 Å². The average molecular weight is 345 g/mol. The summed E-state index contributed by atoms with van der Waals surface area (Å²) in [6.45, 7) is 2.77. The summed E-state index contributed by atoms with van der Waals surface area (Å²) >= 11 is 6.06. The fourth-order valence-electron chi connectivity index (χ4n) is 2.25. The maximum Gasteiger partial charge on any atom is 0.314 e. The van der Waals surface area contributed by atoms with Crippen molar-refractivity contribution in [3.8, 4) is 0 Å². The Hall–Kier alpha value is -2.33. The SMILES string of the molecule is Cc1ccc(C(=O)CCNC(=O)NCCc2ccccc2Cl)cc1. The highest BCUT2D eigenvalue weighted by Crippen LogP contribution is 2.14. The predicted octanol–water partition coefficient (Wildman–Crippen LogP) is 3.76. The number of benzene rings is 2. The molecule has 2 aromatic rings. The second-order valence-corrected chi connectivity index (χ2v) is 5.97. The van der Waals surface area contributed by atoms with Crippen molar-refractivity contribution in [2.24, 2.45) is 0 Å². The molecule has 0 aromatic heterocycles. The first-order chi connectivity index (χ1) is 11.6. The van der Waals surface area contributed by atoms with Crippen LogP contribution in [0.2, 0.25) is 5.02 Å². The number of amides is 2. The fraction of sp³-hybridized carbons (Fsp3) is 0.263. The lowest BCUT2D eigenvalue weighted by Gasteiger charge is -2.08. The van der Waals surface area contributed by atoms with Gasteiger partial charge in [-0.25, -0.2) is 4.79 Å². The topological polar surface area (TPSA) is 58.2 Å². The number of nitrogens with one attached hydrogen (secondary N) is 2. The van der Waals surface area contributed by atoms with Gasteiger partial charge in [-0.05, 0) is 25.0 Å². The lowest BCUT2D eigenvalue weighted by atomic mass is 10.1. The minimum absolute atomic E-state index is 0.0198. The zero-order valence-electron chi connectivity index (χ0n) is 13.6. The van der Waals surface area contributed by atoms with Crippen LogP contribution in [0.25, 0.3) is 0 Å². The molecular formula is C19H21ClN2O2. The third-order valence-corrected chi connectivity index (χ3v) is 4.02. The summed E-state index contributed by atoms with van der Waals surface area (Å²) in [6, 6.07) is 14.7. The molecule has 5 heteroatoms. The summed E-state index contributed by atoms with van der Waals surface area (Å²) in [6.07, 6.45) is 0.941. The van der Waals surface area contributed by atoms with Crippen LogP contribution in [0.1, 0.15) is 27.9 Å². The van der Waals surface area contributed by atoms with Crippen LogP contribution in [0.3, 0.4) is 0 Å². The smallest absolute Gasteiger partial charge is 0.314 e. The van der Waals surface area contributed by atoms with Crippen LogP contribution in [0.5, 0.6) is 0 Å². The molecule has 0 saturated heterocycles. The lowest BCUT2D eigenvalue weighted by Crippen LogP contribution is -2.37. The van der Waals surface area contributed by atoms with Crippen molar-refractivity contribution in [2.45, 2.75) is 19.8 Å². The van der Waals surface area contributed by atoms with E-state index in [1.165, 1.54) is 0 Å². The molecule has 0 aliphatic heterocycles. The van der Waals surface area contributed by atoms with Gasteiger partial charge in [0.25, 0.3) is 0 Å². The number of aryl methyl sites for hydroxylation is 1. The monoisotopic (exact) mass is 344 g/mol. The van der Waals surface area contributed by atoms with Gasteiger partial charge in [-0.2, -0.15) is 0 Å². The van der Waals surface area contributed by atoms with Crippen molar-refractivity contribution >= 4 is 23.4 Å². The van der Waals surface area contributed by atoms with Gasteiger partial charge >= 0.3 is 6.03 Å². The van der Waals surface area contributed by atoms with E-state index in [0.29, 0.717) is 30.1 Å². The Labute approximate surface area is 147 Å². The first-order valence-corrected chi connectivity index (χ1v) is 8.29. The molecule has 24 heavy (non-hydrogen) atoms. The summed E-state index contributed by atoms with van der Waals surface area (Å²) < 4.78 is 0. The van der Waals surface area contributed by atoms with E-state index >= 15 is 0 Å². The molecule has 2 rings (SSSR count). The van der Waals surface area contributed by atoms with E-state index in [9.17, 15) is 9.59 Å². The van der Waals surface area contributed by atoms with Gasteiger partial charge < -0.3 is 10.6 Å². The molecule has 0 unspecified atom stereocenters. The van der Waals surface area contributed by atoms with Gasteiger partial charge in [0, 0.05) is 30.1 Å². The Morgan fingerprint density at radius 1 is 0.958 bits per heavy atom. The summed E-state index contributed by atoms with van der Waals surface area (Å²) in [4.78, 5) is 23.7. The highest BCUT2D eigenvalue weighted by molar-refractivity contribution is 6.31. The summed E-state index contributed by atoms with van der Waals surface area (Å²) in [5.41, 5.74) is 2.78. The molecule has 0 saturated carbocycles. The Morgan fingerprint density at radius 3 is 2.33 bits per heavy atom. The van der Waals surface area contributed by atoms with Crippen molar-refractivity contribution in [2.75, 3.05) is 13.1 Å². The number of ketones is 1. The number of hydrogen-bond donors (Lipinski definition) is 2. The molecule has 0 radical (unpaired) electrons. The second kappa shape index (κ2) is 9.08. The van der Waals surface area contributed by atoms with Crippen molar-refractivity contribution in [1.29, 1.82) is 0 Å². The third-order valence-electron chi connectivity index (χ3n) is 3.65. The molecule has 0 fully saturated rings. The maximum atomic E-state index is 12.0. The maximum absolute atomic E-state index is 12.0. The number of urea groups is 1. The standard InChI is InChI=1S/C19H21ClN2O2/c1-14-6-8-16(9-7-14)18(23)11-13-22-19(24)21-12-10-15-4-2-3-5-17(15)20/h2-9H,10-13H2,1H3,(H2,21,22,24). The Balaban J connectivity index is 1.65. The van der Waals surface area contributed by atoms with Gasteiger partial charge in [0.05, 0.1) is 0 Å². The van der Waals surface area contributed by atoms with Crippen molar-refractivity contribution in [3.05, 3.63) is 70.2 Å². The molecule has 2 amide bonds. The largest absolute Gasteiger partial charge is 0.338 e. The zero-order valence-corrected chi connectivity index (χ0v) is 14.4. The number of carbonyl (C=O) groups is 2. The van der Waals surface area contributed by atoms with Gasteiger partial charge in [-0.3, -0.25) is 4.79 Å². The third kappa shape index (κ3) is 5.70. The van der Waals surface area contributed by atoms with Crippen LogP contribution >= 0.6 is 11.6 Å². The van der Waals surface area contributed by atoms with Crippen molar-refractivity contribution in [1.82, 2.24) is 10.6 Å². The van der Waals surface area contributed by atoms with Crippen LogP contribution in [0.4, 0.5) is 4.79 Å². The number of carbonyl (C=O) groups excluding carboxylic acids is 2. The quantitative estimate of drug-likeness (QED) is 0.751. The normalized spacial score (nSPS) is 10.2. The molecule has 126 valence electrons. The van der Waals surface area contributed by atoms with Gasteiger partial charge in [-0.1, -0.05) is 59.6 Å². The molecule has 4 nitrogen and oxygen atoms in total. The molecule has 0 heterocycles. The van der Waals surface area contributed by atoms with Crippen LogP contribution in [-0.2, 0) is 6.42 Å². The predicted molar refractivity (Wildman–Crippen MR) is 96.7 cm³/mol. The molecule has 0 bridgehead atoms. The summed E-state index contributed by atoms with van der Waals surface area (Å²) in [5.74, 6) is 0.0198. The Morgan fingerprint density at radius 2 is 1.62 bits per heavy atom. The van der Waals surface area contributed by atoms with Crippen molar-refractivity contribution < 1.29 is 9.59 Å². The van der Waals surface area contributed by atoms with E-state index in [4.69, 9.17) is 11.6 Å². The molecule has 0 aliphatic carbocycles. The lowest BCUT2D eigenvalue weighted by molar-refractivity contribution is 0.0983. The summed E-state index contributed by atoms with van der Waals surface area (Å²) in [5, 5.41) is 6.15. The number of rotatable bonds is 7. The van der Waals surface area contributed by atoms with Crippen LogP contribution in [0.15, 0.2) is 48.5 Å². The first kappa shape index (κ1) is 18.0. The number of Topliss-reactive ketones (excluding diaryl/α,β-unsaturated/α-hetero) is 1. The molecule has 0 aliphatic rings. The molecule has 2 N–H and O–H groups in total. The minimum atomic E-state index is -0.279. The van der Waals surface area contributed by atoms with E-state index in [1.54, 1.807) is 12.1 Å². The van der Waals surface area contributed by atoms with Gasteiger partial charge in [0.1, 0.15) is 0 Å². The van der Waals surface area contributed by atoms with E-state index in [1.807, 2.05) is 43.3 Å². The second-order valence-electron chi connectivity index (χ2n) is 5.56. The average Bonchev–Trinajstić information content (AvgIpc) is 2.57. The van der Waals surface area contributed by atoms with Crippen LogP contribution in [0, 0.1) is 6.92 Å². The number of halogens is 1. The van der Waals surface area contributed by atoms with E-state index in [-0.39, 0.29) is 18.2 Å². The molecule has 2 aromatic carbocycles. The number of hydrogen-bond acceptors (Lipinski definition) is 2.